The van der Waals surface area contributed by atoms with Gasteiger partial charge in [-0.3, -0.25) is 9.69 Å². The monoisotopic (exact) mass is 704 g/mol. The summed E-state index contributed by atoms with van der Waals surface area (Å²) in [5.41, 5.74) is 9.38. The molecule has 1 aliphatic heterocycles. The van der Waals surface area contributed by atoms with Crippen LogP contribution in [0.2, 0.25) is 0 Å². The molecular weight excluding hydrogens is 662 g/mol. The number of hydrogen-bond donors (Lipinski definition) is 0. The van der Waals surface area contributed by atoms with Gasteiger partial charge in [0.1, 0.15) is 35.0 Å². The second-order valence-corrected chi connectivity index (χ2v) is 13.1. The SMILES string of the molecule is CCc1cc(C(C#N)N2CCC(F)(F)C2)ccc1N(C)c1cc2c(cn1)ncn2C.CCc1cc(C=O)ccc1N(C)c1cc2c(cn1)ncn2C. The van der Waals surface area contributed by atoms with E-state index < -0.39 is 12.0 Å². The molecule has 0 spiro atoms. The van der Waals surface area contributed by atoms with Crippen molar-refractivity contribution in [1.29, 1.82) is 5.26 Å². The van der Waals surface area contributed by atoms with Crippen LogP contribution in [0, 0.1) is 11.3 Å². The van der Waals surface area contributed by atoms with Gasteiger partial charge >= 0.3 is 0 Å². The molecule has 4 aromatic heterocycles. The molecule has 1 atom stereocenters. The molecule has 0 saturated carbocycles. The summed E-state index contributed by atoms with van der Waals surface area (Å²) in [7, 11) is 7.84. The Morgan fingerprint density at radius 3 is 1.87 bits per heavy atom. The van der Waals surface area contributed by atoms with E-state index in [9.17, 15) is 18.8 Å². The van der Waals surface area contributed by atoms with Crippen molar-refractivity contribution in [2.45, 2.75) is 45.1 Å². The fourth-order valence-electron chi connectivity index (χ4n) is 6.68. The highest BCUT2D eigenvalue weighted by atomic mass is 19.3. The molecular formula is C39H42F2N10O. The van der Waals surface area contributed by atoms with E-state index in [4.69, 9.17) is 0 Å². The Balaban J connectivity index is 0.000000187. The predicted octanol–water partition coefficient (Wildman–Crippen LogP) is 7.32. The van der Waals surface area contributed by atoms with Crippen molar-refractivity contribution in [1.82, 2.24) is 34.0 Å². The number of fused-ring (bicyclic) bond motifs is 2. The first kappa shape index (κ1) is 36.1. The Labute approximate surface area is 301 Å². The summed E-state index contributed by atoms with van der Waals surface area (Å²) >= 11 is 0. The number of halogens is 2. The van der Waals surface area contributed by atoms with E-state index >= 15 is 0 Å². The first-order valence-corrected chi connectivity index (χ1v) is 17.2. The first-order valence-electron chi connectivity index (χ1n) is 17.2. The second kappa shape index (κ2) is 14.9. The fourth-order valence-corrected chi connectivity index (χ4v) is 6.68. The second-order valence-electron chi connectivity index (χ2n) is 13.1. The Kier molecular flexibility index (Phi) is 10.3. The lowest BCUT2D eigenvalue weighted by Gasteiger charge is -2.25. The van der Waals surface area contributed by atoms with Crippen LogP contribution in [0.25, 0.3) is 22.1 Å². The van der Waals surface area contributed by atoms with Gasteiger partial charge in [0.15, 0.2) is 0 Å². The van der Waals surface area contributed by atoms with E-state index in [1.807, 2.05) is 103 Å². The number of aromatic nitrogens is 6. The molecule has 0 bridgehead atoms. The van der Waals surface area contributed by atoms with Gasteiger partial charge in [-0.25, -0.2) is 28.7 Å². The molecule has 0 amide bonds. The number of pyridine rings is 2. The van der Waals surface area contributed by atoms with Crippen molar-refractivity contribution >= 4 is 51.4 Å². The zero-order chi connectivity index (χ0) is 37.2. The van der Waals surface area contributed by atoms with E-state index in [2.05, 4.69) is 32.9 Å². The largest absolute Gasteiger partial charge is 0.334 e. The fraction of sp³-hybridized carbons (Fsp3) is 0.333. The number of anilines is 4. The van der Waals surface area contributed by atoms with Gasteiger partial charge < -0.3 is 18.9 Å². The van der Waals surface area contributed by atoms with Crippen molar-refractivity contribution in [3.05, 3.63) is 95.8 Å². The number of rotatable bonds is 9. The molecule has 1 aliphatic rings. The van der Waals surface area contributed by atoms with Crippen LogP contribution in [-0.2, 0) is 26.9 Å². The third kappa shape index (κ3) is 7.20. The number of likely N-dealkylation sites (tertiary alicyclic amines) is 1. The Morgan fingerprint density at radius 1 is 0.846 bits per heavy atom. The minimum atomic E-state index is -2.72. The highest BCUT2D eigenvalue weighted by Gasteiger charge is 2.41. The van der Waals surface area contributed by atoms with Crippen LogP contribution in [0.15, 0.2) is 73.6 Å². The molecule has 7 rings (SSSR count). The van der Waals surface area contributed by atoms with Crippen LogP contribution in [0.5, 0.6) is 0 Å². The molecule has 11 nitrogen and oxygen atoms in total. The molecule has 13 heteroatoms. The smallest absolute Gasteiger partial charge is 0.261 e. The van der Waals surface area contributed by atoms with Crippen molar-refractivity contribution in [2.75, 3.05) is 37.0 Å². The van der Waals surface area contributed by atoms with Crippen molar-refractivity contribution in [3.63, 3.8) is 0 Å². The van der Waals surface area contributed by atoms with Crippen molar-refractivity contribution < 1.29 is 13.6 Å². The summed E-state index contributed by atoms with van der Waals surface area (Å²) in [5, 5.41) is 9.67. The summed E-state index contributed by atoms with van der Waals surface area (Å²) in [5.74, 6) is -1.09. The number of hydrogen-bond acceptors (Lipinski definition) is 9. The standard InChI is InChI=1S/C22H24F2N6.C17H18N4O/c1-4-15-9-16(20(11-25)30-8-7-22(23,24)13-30)5-6-18(15)29(3)21-10-19-17(12-26-21)27-14-28(19)2;1-4-13-7-12(10-22)5-6-15(13)21(3)17-8-16-14(9-18-17)19-11-20(16)2/h5-6,9-10,12,14,20H,4,7-8,13H2,1-3H3;5-11H,4H2,1-3H3. The zero-order valence-electron chi connectivity index (χ0n) is 30.3. The van der Waals surface area contributed by atoms with Gasteiger partial charge in [0, 0.05) is 70.2 Å². The molecule has 268 valence electrons. The number of aldehydes is 1. The quantitative estimate of drug-likeness (QED) is 0.143. The van der Waals surface area contributed by atoms with E-state index in [1.54, 1.807) is 29.9 Å². The lowest BCUT2D eigenvalue weighted by molar-refractivity contribution is 0.00988. The molecule has 0 radical (unpaired) electrons. The highest BCUT2D eigenvalue weighted by Crippen LogP contribution is 2.36. The van der Waals surface area contributed by atoms with Crippen molar-refractivity contribution in [2.24, 2.45) is 14.1 Å². The van der Waals surface area contributed by atoms with Crippen LogP contribution < -0.4 is 9.80 Å². The van der Waals surface area contributed by atoms with Gasteiger partial charge in [-0.2, -0.15) is 5.26 Å². The Hall–Kier alpha value is -5.74. The number of imidazole rings is 2. The molecule has 1 fully saturated rings. The molecule has 1 unspecified atom stereocenters. The topological polar surface area (TPSA) is 112 Å². The summed E-state index contributed by atoms with van der Waals surface area (Å²) in [6, 6.07) is 17.0. The van der Waals surface area contributed by atoms with Crippen LogP contribution in [0.1, 0.15) is 53.4 Å². The lowest BCUT2D eigenvalue weighted by atomic mass is 10.00. The van der Waals surface area contributed by atoms with Gasteiger partial charge in [-0.05, 0) is 53.8 Å². The Bertz CT molecular complexity index is 2270. The van der Waals surface area contributed by atoms with Gasteiger partial charge in [0.05, 0.1) is 48.7 Å². The van der Waals surface area contributed by atoms with Crippen LogP contribution in [0.4, 0.5) is 31.8 Å². The number of alkyl halides is 2. The molecule has 0 aliphatic carbocycles. The molecule has 1 saturated heterocycles. The average molecular weight is 705 g/mol. The van der Waals surface area contributed by atoms with Crippen LogP contribution >= 0.6 is 0 Å². The van der Waals surface area contributed by atoms with Gasteiger partial charge in [-0.1, -0.05) is 26.0 Å². The third-order valence-corrected chi connectivity index (χ3v) is 9.71. The number of benzene rings is 2. The number of aryl methyl sites for hydroxylation is 4. The van der Waals surface area contributed by atoms with Crippen LogP contribution in [-0.4, -0.2) is 73.4 Å². The number of carbonyl (C=O) groups is 1. The van der Waals surface area contributed by atoms with E-state index in [1.165, 1.54) is 0 Å². The molecule has 0 N–H and O–H groups in total. The summed E-state index contributed by atoms with van der Waals surface area (Å²) in [4.78, 5) is 34.2. The van der Waals surface area contributed by atoms with Gasteiger partial charge in [0.25, 0.3) is 5.92 Å². The number of carbonyl (C=O) groups excluding carboxylic acids is 1. The minimum absolute atomic E-state index is 0.200. The summed E-state index contributed by atoms with van der Waals surface area (Å²) < 4.78 is 31.2. The molecule has 6 aromatic rings. The maximum absolute atomic E-state index is 13.7. The maximum atomic E-state index is 13.7. The highest BCUT2D eigenvalue weighted by molar-refractivity contribution is 5.81. The maximum Gasteiger partial charge on any atom is 0.261 e. The zero-order valence-corrected chi connectivity index (χ0v) is 30.3. The van der Waals surface area contributed by atoms with Crippen molar-refractivity contribution in [3.8, 4) is 6.07 Å². The van der Waals surface area contributed by atoms with Gasteiger partial charge in [-0.15, -0.1) is 0 Å². The molecule has 2 aromatic carbocycles. The molecule has 52 heavy (non-hydrogen) atoms. The minimum Gasteiger partial charge on any atom is -0.334 e. The van der Waals surface area contributed by atoms with Crippen LogP contribution in [0.3, 0.4) is 0 Å². The number of nitriles is 1. The summed E-state index contributed by atoms with van der Waals surface area (Å²) in [6.07, 6.45) is 9.36. The van der Waals surface area contributed by atoms with E-state index in [0.29, 0.717) is 5.56 Å². The predicted molar refractivity (Wildman–Crippen MR) is 200 cm³/mol. The van der Waals surface area contributed by atoms with Gasteiger partial charge in [0.2, 0.25) is 0 Å². The Morgan fingerprint density at radius 2 is 1.38 bits per heavy atom. The van der Waals surface area contributed by atoms with E-state index in [-0.39, 0.29) is 19.5 Å². The normalized spacial score (nSPS) is 14.5. The lowest BCUT2D eigenvalue weighted by Crippen LogP contribution is -2.29. The third-order valence-electron chi connectivity index (χ3n) is 9.71. The number of nitrogens with zero attached hydrogens (tertiary/aromatic N) is 10. The average Bonchev–Trinajstić information content (AvgIpc) is 3.85. The molecule has 5 heterocycles. The first-order chi connectivity index (χ1) is 25.0. The van der Waals surface area contributed by atoms with E-state index in [0.717, 1.165) is 80.9 Å². The summed E-state index contributed by atoms with van der Waals surface area (Å²) in [6.45, 7) is 3.98.